The minimum atomic E-state index is -0.235. The second-order valence-electron chi connectivity index (χ2n) is 4.16. The topological polar surface area (TPSA) is 64.3 Å². The molecule has 2 unspecified atom stereocenters. The minimum absolute atomic E-state index is 0.0612. The number of aryl methyl sites for hydroxylation is 1. The van der Waals surface area contributed by atoms with Crippen LogP contribution in [0.15, 0.2) is 24.3 Å². The number of benzene rings is 1. The van der Waals surface area contributed by atoms with Crippen molar-refractivity contribution >= 4 is 11.6 Å². The number of ether oxygens (including phenoxy) is 1. The first-order valence-electron chi connectivity index (χ1n) is 5.37. The van der Waals surface area contributed by atoms with Crippen molar-refractivity contribution in [3.8, 4) is 0 Å². The number of rotatable bonds is 2. The smallest absolute Gasteiger partial charge is 0.231 e. The lowest BCUT2D eigenvalue weighted by molar-refractivity contribution is -0.120. The van der Waals surface area contributed by atoms with Gasteiger partial charge in [-0.2, -0.15) is 0 Å². The van der Waals surface area contributed by atoms with Crippen molar-refractivity contribution < 1.29 is 9.53 Å². The molecule has 3 N–H and O–H groups in total. The van der Waals surface area contributed by atoms with Crippen molar-refractivity contribution in [1.29, 1.82) is 0 Å². The van der Waals surface area contributed by atoms with Gasteiger partial charge in [0.25, 0.3) is 0 Å². The predicted octanol–water partition coefficient (Wildman–Crippen LogP) is 0.907. The lowest BCUT2D eigenvalue weighted by Crippen LogP contribution is -2.37. The third-order valence-electron chi connectivity index (χ3n) is 2.78. The molecule has 16 heavy (non-hydrogen) atoms. The molecule has 4 heteroatoms. The van der Waals surface area contributed by atoms with E-state index in [2.05, 4.69) is 5.32 Å². The summed E-state index contributed by atoms with van der Waals surface area (Å²) in [7, 11) is 0. The Hall–Kier alpha value is -1.39. The zero-order valence-electron chi connectivity index (χ0n) is 9.27. The molecule has 0 bridgehead atoms. The summed E-state index contributed by atoms with van der Waals surface area (Å²) >= 11 is 0. The largest absolute Gasteiger partial charge is 0.379 e. The fraction of sp³-hybridized carbons (Fsp3) is 0.417. The molecule has 1 aromatic rings. The molecule has 2 rings (SSSR count). The van der Waals surface area contributed by atoms with E-state index in [1.807, 2.05) is 31.2 Å². The maximum atomic E-state index is 11.8. The second-order valence-corrected chi connectivity index (χ2v) is 4.16. The quantitative estimate of drug-likeness (QED) is 0.778. The van der Waals surface area contributed by atoms with Gasteiger partial charge in [0.2, 0.25) is 5.91 Å². The normalized spacial score (nSPS) is 24.4. The lowest BCUT2D eigenvalue weighted by atomic mass is 10.0. The zero-order chi connectivity index (χ0) is 11.5. The predicted molar refractivity (Wildman–Crippen MR) is 62.1 cm³/mol. The Balaban J connectivity index is 1.99. The van der Waals surface area contributed by atoms with Gasteiger partial charge in [-0.25, -0.2) is 0 Å². The summed E-state index contributed by atoms with van der Waals surface area (Å²) in [5, 5.41) is 2.84. The molecule has 1 fully saturated rings. The van der Waals surface area contributed by atoms with Gasteiger partial charge in [0, 0.05) is 11.7 Å². The first-order valence-corrected chi connectivity index (χ1v) is 5.37. The highest BCUT2D eigenvalue weighted by Crippen LogP contribution is 2.15. The van der Waals surface area contributed by atoms with Gasteiger partial charge >= 0.3 is 0 Å². The summed E-state index contributed by atoms with van der Waals surface area (Å²) in [6.45, 7) is 2.89. The molecule has 1 aliphatic heterocycles. The summed E-state index contributed by atoms with van der Waals surface area (Å²) in [6.07, 6.45) is 0. The highest BCUT2D eigenvalue weighted by atomic mass is 16.5. The maximum absolute atomic E-state index is 11.8. The molecule has 86 valence electrons. The summed E-state index contributed by atoms with van der Waals surface area (Å²) < 4.78 is 5.16. The Morgan fingerprint density at radius 2 is 2.06 bits per heavy atom. The summed E-state index contributed by atoms with van der Waals surface area (Å²) in [4.78, 5) is 11.8. The van der Waals surface area contributed by atoms with E-state index in [9.17, 15) is 4.79 Å². The van der Waals surface area contributed by atoms with Crippen LogP contribution in [-0.2, 0) is 9.53 Å². The first-order chi connectivity index (χ1) is 7.66. The van der Waals surface area contributed by atoms with Gasteiger partial charge in [-0.1, -0.05) is 17.7 Å². The van der Waals surface area contributed by atoms with Crippen LogP contribution in [0.4, 0.5) is 5.69 Å². The van der Waals surface area contributed by atoms with E-state index in [0.29, 0.717) is 13.2 Å². The van der Waals surface area contributed by atoms with Crippen LogP contribution in [0, 0.1) is 12.8 Å². The van der Waals surface area contributed by atoms with Gasteiger partial charge in [0.1, 0.15) is 0 Å². The van der Waals surface area contributed by atoms with Crippen molar-refractivity contribution in [2.75, 3.05) is 18.5 Å². The molecule has 1 aromatic carbocycles. The van der Waals surface area contributed by atoms with E-state index in [4.69, 9.17) is 10.5 Å². The SMILES string of the molecule is Cc1ccc(NC(=O)C2COCC2N)cc1. The van der Waals surface area contributed by atoms with Crippen LogP contribution in [0.1, 0.15) is 5.56 Å². The molecule has 1 aliphatic rings. The van der Waals surface area contributed by atoms with Crippen LogP contribution in [-0.4, -0.2) is 25.2 Å². The maximum Gasteiger partial charge on any atom is 0.231 e. The van der Waals surface area contributed by atoms with Gasteiger partial charge in [-0.05, 0) is 19.1 Å². The molecule has 0 aliphatic carbocycles. The molecule has 0 spiro atoms. The molecule has 0 radical (unpaired) electrons. The molecule has 0 aromatic heterocycles. The molecule has 0 saturated carbocycles. The lowest BCUT2D eigenvalue weighted by Gasteiger charge is -2.13. The average Bonchev–Trinajstić information content (AvgIpc) is 2.68. The zero-order valence-corrected chi connectivity index (χ0v) is 9.27. The van der Waals surface area contributed by atoms with Crippen LogP contribution in [0.25, 0.3) is 0 Å². The second kappa shape index (κ2) is 4.63. The van der Waals surface area contributed by atoms with Crippen LogP contribution >= 0.6 is 0 Å². The van der Waals surface area contributed by atoms with Crippen LogP contribution < -0.4 is 11.1 Å². The van der Waals surface area contributed by atoms with E-state index in [-0.39, 0.29) is 17.9 Å². The summed E-state index contributed by atoms with van der Waals surface area (Å²) in [5.41, 5.74) is 7.74. The summed E-state index contributed by atoms with van der Waals surface area (Å²) in [6, 6.07) is 7.50. The Morgan fingerprint density at radius 1 is 1.38 bits per heavy atom. The monoisotopic (exact) mass is 220 g/mol. The minimum Gasteiger partial charge on any atom is -0.379 e. The molecule has 1 heterocycles. The van der Waals surface area contributed by atoms with Crippen molar-refractivity contribution in [1.82, 2.24) is 0 Å². The van der Waals surface area contributed by atoms with Crippen LogP contribution in [0.2, 0.25) is 0 Å². The Bertz CT molecular complexity index is 375. The number of anilines is 1. The standard InChI is InChI=1S/C12H16N2O2/c1-8-2-4-9(5-3-8)14-12(15)10-6-16-7-11(10)13/h2-5,10-11H,6-7,13H2,1H3,(H,14,15). The molecule has 1 amide bonds. The van der Waals surface area contributed by atoms with Crippen molar-refractivity contribution in [3.05, 3.63) is 29.8 Å². The molecule has 4 nitrogen and oxygen atoms in total. The molecule has 1 saturated heterocycles. The Kier molecular flexibility index (Phi) is 3.22. The van der Waals surface area contributed by atoms with E-state index in [1.165, 1.54) is 5.56 Å². The van der Waals surface area contributed by atoms with E-state index >= 15 is 0 Å². The van der Waals surface area contributed by atoms with Gasteiger partial charge in [0.05, 0.1) is 19.1 Å². The van der Waals surface area contributed by atoms with E-state index < -0.39 is 0 Å². The number of hydrogen-bond donors (Lipinski definition) is 2. The number of amides is 1. The van der Waals surface area contributed by atoms with Crippen molar-refractivity contribution in [2.45, 2.75) is 13.0 Å². The average molecular weight is 220 g/mol. The molecule has 2 atom stereocenters. The van der Waals surface area contributed by atoms with Crippen molar-refractivity contribution in [2.24, 2.45) is 11.7 Å². The molecular weight excluding hydrogens is 204 g/mol. The number of carbonyl (C=O) groups is 1. The Morgan fingerprint density at radius 3 is 2.62 bits per heavy atom. The van der Waals surface area contributed by atoms with E-state index in [1.54, 1.807) is 0 Å². The van der Waals surface area contributed by atoms with Gasteiger partial charge < -0.3 is 15.8 Å². The van der Waals surface area contributed by atoms with Gasteiger partial charge in [-0.15, -0.1) is 0 Å². The Labute approximate surface area is 94.8 Å². The van der Waals surface area contributed by atoms with Crippen LogP contribution in [0.5, 0.6) is 0 Å². The van der Waals surface area contributed by atoms with E-state index in [0.717, 1.165) is 5.69 Å². The summed E-state index contributed by atoms with van der Waals surface area (Å²) in [5.74, 6) is -0.296. The van der Waals surface area contributed by atoms with Gasteiger partial charge in [-0.3, -0.25) is 4.79 Å². The highest BCUT2D eigenvalue weighted by molar-refractivity contribution is 5.93. The first kappa shape index (κ1) is 11.1. The number of nitrogens with one attached hydrogen (secondary N) is 1. The highest BCUT2D eigenvalue weighted by Gasteiger charge is 2.31. The number of carbonyl (C=O) groups excluding carboxylic acids is 1. The molecular formula is C12H16N2O2. The number of hydrogen-bond acceptors (Lipinski definition) is 3. The van der Waals surface area contributed by atoms with Crippen LogP contribution in [0.3, 0.4) is 0 Å². The third-order valence-corrected chi connectivity index (χ3v) is 2.78. The fourth-order valence-corrected chi connectivity index (χ4v) is 1.71. The number of nitrogens with two attached hydrogens (primary N) is 1. The third kappa shape index (κ3) is 2.40. The fourth-order valence-electron chi connectivity index (χ4n) is 1.71. The van der Waals surface area contributed by atoms with Crippen molar-refractivity contribution in [3.63, 3.8) is 0 Å². The van der Waals surface area contributed by atoms with Gasteiger partial charge in [0.15, 0.2) is 0 Å².